The molecule has 1 atom stereocenters. The largest absolute Gasteiger partial charge is 0.300 e. The summed E-state index contributed by atoms with van der Waals surface area (Å²) in [4.78, 5) is 23.7. The van der Waals surface area contributed by atoms with Gasteiger partial charge < -0.3 is 4.79 Å². The summed E-state index contributed by atoms with van der Waals surface area (Å²) < 4.78 is 0. The van der Waals surface area contributed by atoms with Crippen molar-refractivity contribution in [1.29, 1.82) is 0 Å². The Labute approximate surface area is 119 Å². The first-order valence-electron chi connectivity index (χ1n) is 6.79. The molecule has 2 aromatic rings. The number of rotatable bonds is 6. The summed E-state index contributed by atoms with van der Waals surface area (Å²) in [6, 6.07) is 19.0. The summed E-state index contributed by atoms with van der Waals surface area (Å²) in [6.45, 7) is 1.57. The number of carbonyl (C=O) groups excluding carboxylic acids is 2. The fourth-order valence-corrected chi connectivity index (χ4v) is 2.35. The number of ketones is 2. The molecule has 0 amide bonds. The van der Waals surface area contributed by atoms with Gasteiger partial charge in [-0.25, -0.2) is 0 Å². The van der Waals surface area contributed by atoms with Crippen molar-refractivity contribution in [3.8, 4) is 0 Å². The van der Waals surface area contributed by atoms with Crippen LogP contribution in [0.5, 0.6) is 0 Å². The first kappa shape index (κ1) is 14.2. The monoisotopic (exact) mass is 266 g/mol. The first-order chi connectivity index (χ1) is 9.66. The zero-order valence-corrected chi connectivity index (χ0v) is 11.6. The van der Waals surface area contributed by atoms with Crippen LogP contribution in [0.25, 0.3) is 0 Å². The topological polar surface area (TPSA) is 34.1 Å². The van der Waals surface area contributed by atoms with E-state index in [9.17, 15) is 9.59 Å². The van der Waals surface area contributed by atoms with Gasteiger partial charge in [-0.1, -0.05) is 60.7 Å². The molecule has 2 aromatic carbocycles. The Bertz CT molecular complexity index is 573. The van der Waals surface area contributed by atoms with Crippen LogP contribution in [-0.4, -0.2) is 11.6 Å². The smallest absolute Gasteiger partial charge is 0.163 e. The minimum absolute atomic E-state index is 0.0404. The fraction of sp³-hybridized carbons (Fsp3) is 0.222. The third-order valence-corrected chi connectivity index (χ3v) is 3.33. The molecule has 0 aliphatic rings. The van der Waals surface area contributed by atoms with E-state index in [1.54, 1.807) is 6.92 Å². The highest BCUT2D eigenvalue weighted by Gasteiger charge is 2.18. The zero-order valence-electron chi connectivity index (χ0n) is 11.6. The number of benzene rings is 2. The molecule has 0 bridgehead atoms. The first-order valence-corrected chi connectivity index (χ1v) is 6.79. The Balaban J connectivity index is 2.16. The summed E-state index contributed by atoms with van der Waals surface area (Å²) >= 11 is 0. The van der Waals surface area contributed by atoms with Gasteiger partial charge >= 0.3 is 0 Å². The second kappa shape index (κ2) is 6.80. The van der Waals surface area contributed by atoms with Gasteiger partial charge in [0, 0.05) is 18.4 Å². The van der Waals surface area contributed by atoms with Gasteiger partial charge in [0.25, 0.3) is 0 Å². The van der Waals surface area contributed by atoms with Crippen molar-refractivity contribution in [2.24, 2.45) is 0 Å². The maximum Gasteiger partial charge on any atom is 0.163 e. The number of hydrogen-bond acceptors (Lipinski definition) is 2. The van der Waals surface area contributed by atoms with Crippen molar-refractivity contribution >= 4 is 11.6 Å². The predicted molar refractivity (Wildman–Crippen MR) is 79.9 cm³/mol. The molecule has 0 aromatic heterocycles. The Morgan fingerprint density at radius 2 is 1.40 bits per heavy atom. The van der Waals surface area contributed by atoms with Crippen LogP contribution in [0.4, 0.5) is 0 Å². The van der Waals surface area contributed by atoms with E-state index in [1.165, 1.54) is 0 Å². The number of hydrogen-bond donors (Lipinski definition) is 0. The van der Waals surface area contributed by atoms with Gasteiger partial charge in [0.15, 0.2) is 5.78 Å². The Morgan fingerprint density at radius 3 is 1.95 bits per heavy atom. The van der Waals surface area contributed by atoms with Crippen LogP contribution >= 0.6 is 0 Å². The fourth-order valence-electron chi connectivity index (χ4n) is 2.35. The molecule has 20 heavy (non-hydrogen) atoms. The molecule has 2 nitrogen and oxygen atoms in total. The molecular weight excluding hydrogens is 248 g/mol. The Morgan fingerprint density at radius 1 is 0.850 bits per heavy atom. The highest BCUT2D eigenvalue weighted by atomic mass is 16.1. The summed E-state index contributed by atoms with van der Waals surface area (Å²) in [5, 5.41) is 0. The molecule has 0 saturated carbocycles. The van der Waals surface area contributed by atoms with Crippen LogP contribution in [0.15, 0.2) is 60.7 Å². The summed E-state index contributed by atoms with van der Waals surface area (Å²) in [5.41, 5.74) is 1.75. The molecular formula is C18H18O2. The van der Waals surface area contributed by atoms with Crippen molar-refractivity contribution in [3.63, 3.8) is 0 Å². The lowest BCUT2D eigenvalue weighted by atomic mass is 9.88. The average molecular weight is 266 g/mol. The van der Waals surface area contributed by atoms with Gasteiger partial charge in [0.05, 0.1) is 0 Å². The molecule has 0 aliphatic heterocycles. The van der Waals surface area contributed by atoms with Crippen LogP contribution in [0, 0.1) is 0 Å². The zero-order chi connectivity index (χ0) is 14.4. The lowest BCUT2D eigenvalue weighted by molar-refractivity contribution is -0.117. The van der Waals surface area contributed by atoms with E-state index in [1.807, 2.05) is 60.7 Å². The molecule has 0 aliphatic carbocycles. The van der Waals surface area contributed by atoms with Crippen molar-refractivity contribution in [1.82, 2.24) is 0 Å². The summed E-state index contributed by atoms with van der Waals surface area (Å²) in [5.74, 6) is 0.154. The summed E-state index contributed by atoms with van der Waals surface area (Å²) in [7, 11) is 0. The standard InChI is InChI=1S/C18H18O2/c1-14(19)12-17(15-8-4-2-5-9-15)13-18(20)16-10-6-3-7-11-16/h2-11,17H,12-13H2,1H3. The SMILES string of the molecule is CC(=O)CC(CC(=O)c1ccccc1)c1ccccc1. The van der Waals surface area contributed by atoms with E-state index < -0.39 is 0 Å². The third kappa shape index (κ3) is 3.89. The van der Waals surface area contributed by atoms with Crippen LogP contribution in [0.3, 0.4) is 0 Å². The van der Waals surface area contributed by atoms with E-state index in [-0.39, 0.29) is 17.5 Å². The second-order valence-corrected chi connectivity index (χ2v) is 5.01. The molecule has 1 unspecified atom stereocenters. The quantitative estimate of drug-likeness (QED) is 0.740. The number of carbonyl (C=O) groups is 2. The predicted octanol–water partition coefficient (Wildman–Crippen LogP) is 4.02. The molecule has 2 rings (SSSR count). The molecule has 0 N–H and O–H groups in total. The minimum Gasteiger partial charge on any atom is -0.300 e. The minimum atomic E-state index is -0.0404. The molecule has 102 valence electrons. The maximum absolute atomic E-state index is 12.3. The number of Topliss-reactive ketones (excluding diaryl/α,β-unsaturated/α-hetero) is 2. The highest BCUT2D eigenvalue weighted by Crippen LogP contribution is 2.25. The van der Waals surface area contributed by atoms with E-state index in [0.29, 0.717) is 18.4 Å². The van der Waals surface area contributed by atoms with Gasteiger partial charge in [0.1, 0.15) is 5.78 Å². The maximum atomic E-state index is 12.3. The molecule has 0 heterocycles. The van der Waals surface area contributed by atoms with Gasteiger partial charge in [-0.15, -0.1) is 0 Å². The van der Waals surface area contributed by atoms with E-state index in [4.69, 9.17) is 0 Å². The Hall–Kier alpha value is -2.22. The highest BCUT2D eigenvalue weighted by molar-refractivity contribution is 5.96. The van der Waals surface area contributed by atoms with Crippen molar-refractivity contribution < 1.29 is 9.59 Å². The molecule has 0 spiro atoms. The van der Waals surface area contributed by atoms with Gasteiger partial charge in [-0.05, 0) is 18.4 Å². The van der Waals surface area contributed by atoms with Crippen LogP contribution in [0.1, 0.15) is 41.6 Å². The average Bonchev–Trinajstić information content (AvgIpc) is 2.48. The van der Waals surface area contributed by atoms with Crippen molar-refractivity contribution in [3.05, 3.63) is 71.8 Å². The lowest BCUT2D eigenvalue weighted by Crippen LogP contribution is -2.10. The van der Waals surface area contributed by atoms with Crippen LogP contribution < -0.4 is 0 Å². The molecule has 0 radical (unpaired) electrons. The van der Waals surface area contributed by atoms with Crippen molar-refractivity contribution in [2.45, 2.75) is 25.7 Å². The van der Waals surface area contributed by atoms with Gasteiger partial charge in [-0.2, -0.15) is 0 Å². The third-order valence-electron chi connectivity index (χ3n) is 3.33. The lowest BCUT2D eigenvalue weighted by Gasteiger charge is -2.15. The second-order valence-electron chi connectivity index (χ2n) is 5.01. The van der Waals surface area contributed by atoms with E-state index in [2.05, 4.69) is 0 Å². The molecule has 0 fully saturated rings. The molecule has 2 heteroatoms. The van der Waals surface area contributed by atoms with E-state index >= 15 is 0 Å². The van der Waals surface area contributed by atoms with Crippen LogP contribution in [0.2, 0.25) is 0 Å². The normalized spacial score (nSPS) is 11.8. The van der Waals surface area contributed by atoms with Crippen LogP contribution in [-0.2, 0) is 4.79 Å². The molecule has 0 saturated heterocycles. The van der Waals surface area contributed by atoms with Crippen molar-refractivity contribution in [2.75, 3.05) is 0 Å². The van der Waals surface area contributed by atoms with Gasteiger partial charge in [-0.3, -0.25) is 4.79 Å². The van der Waals surface area contributed by atoms with E-state index in [0.717, 1.165) is 5.56 Å². The summed E-state index contributed by atoms with van der Waals surface area (Å²) in [6.07, 6.45) is 0.774. The Kier molecular flexibility index (Phi) is 4.83. The van der Waals surface area contributed by atoms with Gasteiger partial charge in [0.2, 0.25) is 0 Å².